The van der Waals surface area contributed by atoms with Gasteiger partial charge in [-0.1, -0.05) is 48.5 Å². The van der Waals surface area contributed by atoms with Gasteiger partial charge in [-0.25, -0.2) is 0 Å². The van der Waals surface area contributed by atoms with E-state index in [9.17, 15) is 9.59 Å². The number of hydrogen-bond acceptors (Lipinski definition) is 3. The third-order valence-corrected chi connectivity index (χ3v) is 4.45. The second-order valence-electron chi connectivity index (χ2n) is 6.23. The van der Waals surface area contributed by atoms with E-state index in [4.69, 9.17) is 4.74 Å². The second-order valence-corrected chi connectivity index (χ2v) is 6.23. The van der Waals surface area contributed by atoms with E-state index in [1.54, 1.807) is 4.90 Å². The number of benzene rings is 2. The molecule has 2 aromatic carbocycles. The number of hydrogen-bond donors (Lipinski definition) is 0. The van der Waals surface area contributed by atoms with E-state index in [0.717, 1.165) is 30.6 Å². The molecule has 3 rings (SSSR count). The van der Waals surface area contributed by atoms with Crippen LogP contribution < -0.4 is 4.90 Å². The topological polar surface area (TPSA) is 46.6 Å². The van der Waals surface area contributed by atoms with Crippen molar-refractivity contribution in [2.24, 2.45) is 0 Å². The molecule has 2 aromatic rings. The van der Waals surface area contributed by atoms with Crippen LogP contribution in [0.4, 0.5) is 5.69 Å². The molecule has 0 aromatic heterocycles. The quantitative estimate of drug-likeness (QED) is 0.758. The highest BCUT2D eigenvalue weighted by atomic mass is 16.5. The monoisotopic (exact) mass is 337 g/mol. The van der Waals surface area contributed by atoms with Gasteiger partial charge in [-0.2, -0.15) is 0 Å². The van der Waals surface area contributed by atoms with Gasteiger partial charge in [0.1, 0.15) is 0 Å². The molecule has 130 valence electrons. The maximum atomic E-state index is 12.5. The fourth-order valence-corrected chi connectivity index (χ4v) is 3.14. The Labute approximate surface area is 148 Å². The highest BCUT2D eigenvalue weighted by Gasteiger charge is 2.22. The first-order valence-electron chi connectivity index (χ1n) is 8.82. The molecule has 1 aliphatic heterocycles. The average Bonchev–Trinajstić information content (AvgIpc) is 2.66. The zero-order chi connectivity index (χ0) is 17.5. The molecule has 0 fully saturated rings. The van der Waals surface area contributed by atoms with E-state index >= 15 is 0 Å². The maximum Gasteiger partial charge on any atom is 0.306 e. The van der Waals surface area contributed by atoms with E-state index in [2.05, 4.69) is 6.07 Å². The molecule has 25 heavy (non-hydrogen) atoms. The molecule has 0 bridgehead atoms. The Hall–Kier alpha value is -2.62. The molecule has 0 saturated heterocycles. The van der Waals surface area contributed by atoms with Crippen LogP contribution in [0.3, 0.4) is 0 Å². The third kappa shape index (κ3) is 4.69. The minimum atomic E-state index is -0.311. The summed E-state index contributed by atoms with van der Waals surface area (Å²) in [5.41, 5.74) is 3.32. The number of anilines is 1. The summed E-state index contributed by atoms with van der Waals surface area (Å²) < 4.78 is 5.24. The van der Waals surface area contributed by atoms with Gasteiger partial charge in [-0.3, -0.25) is 9.59 Å². The first kappa shape index (κ1) is 17.2. The molecular weight excluding hydrogens is 314 g/mol. The molecule has 4 heteroatoms. The van der Waals surface area contributed by atoms with Crippen LogP contribution >= 0.6 is 0 Å². The number of nitrogens with zero attached hydrogens (tertiary/aromatic N) is 1. The van der Waals surface area contributed by atoms with Crippen LogP contribution in [0.2, 0.25) is 0 Å². The SMILES string of the molecule is O=C(CCC(=O)N1CCCc2ccccc21)OCCc1ccccc1. The molecule has 0 spiro atoms. The van der Waals surface area contributed by atoms with Gasteiger partial charge in [0.15, 0.2) is 0 Å². The summed E-state index contributed by atoms with van der Waals surface area (Å²) in [5, 5.41) is 0. The van der Waals surface area contributed by atoms with Crippen molar-refractivity contribution in [2.75, 3.05) is 18.1 Å². The number of ether oxygens (including phenoxy) is 1. The standard InChI is InChI=1S/C21H23NO3/c23-20(22-15-6-10-18-9-4-5-11-19(18)22)12-13-21(24)25-16-14-17-7-2-1-3-8-17/h1-5,7-9,11H,6,10,12-16H2. The van der Waals surface area contributed by atoms with Crippen LogP contribution in [0.25, 0.3) is 0 Å². The van der Waals surface area contributed by atoms with Gasteiger partial charge in [0.2, 0.25) is 5.91 Å². The lowest BCUT2D eigenvalue weighted by molar-refractivity contribution is -0.144. The summed E-state index contributed by atoms with van der Waals surface area (Å²) >= 11 is 0. The van der Waals surface area contributed by atoms with Crippen LogP contribution in [0.1, 0.15) is 30.4 Å². The van der Waals surface area contributed by atoms with Gasteiger partial charge >= 0.3 is 5.97 Å². The average molecular weight is 337 g/mol. The molecule has 4 nitrogen and oxygen atoms in total. The molecule has 0 N–H and O–H groups in total. The van der Waals surface area contributed by atoms with Crippen LogP contribution in [0.15, 0.2) is 54.6 Å². The fourth-order valence-electron chi connectivity index (χ4n) is 3.14. The molecule has 0 atom stereocenters. The fraction of sp³-hybridized carbons (Fsp3) is 0.333. The minimum Gasteiger partial charge on any atom is -0.465 e. The van der Waals surface area contributed by atoms with Gasteiger partial charge in [0, 0.05) is 25.1 Å². The molecule has 0 aliphatic carbocycles. The molecule has 0 unspecified atom stereocenters. The van der Waals surface area contributed by atoms with Gasteiger partial charge in [0.25, 0.3) is 0 Å². The minimum absolute atomic E-state index is 0.00726. The Balaban J connectivity index is 1.44. The number of para-hydroxylation sites is 1. The van der Waals surface area contributed by atoms with Gasteiger partial charge in [-0.05, 0) is 30.0 Å². The van der Waals surface area contributed by atoms with Gasteiger partial charge < -0.3 is 9.64 Å². The smallest absolute Gasteiger partial charge is 0.306 e. The summed E-state index contributed by atoms with van der Waals surface area (Å²) in [6.07, 6.45) is 2.98. The van der Waals surface area contributed by atoms with Crippen LogP contribution in [0, 0.1) is 0 Å². The van der Waals surface area contributed by atoms with Gasteiger partial charge in [-0.15, -0.1) is 0 Å². The van der Waals surface area contributed by atoms with Crippen LogP contribution in [-0.2, 0) is 27.2 Å². The Morgan fingerprint density at radius 2 is 1.72 bits per heavy atom. The Morgan fingerprint density at radius 1 is 0.960 bits per heavy atom. The van der Waals surface area contributed by atoms with Crippen molar-refractivity contribution in [2.45, 2.75) is 32.1 Å². The van der Waals surface area contributed by atoms with E-state index < -0.39 is 0 Å². The highest BCUT2D eigenvalue weighted by Crippen LogP contribution is 2.27. The van der Waals surface area contributed by atoms with Crippen LogP contribution in [0.5, 0.6) is 0 Å². The molecule has 1 amide bonds. The Bertz CT molecular complexity index is 727. The summed E-state index contributed by atoms with van der Waals surface area (Å²) in [4.78, 5) is 26.2. The number of rotatable bonds is 6. The van der Waals surface area contributed by atoms with E-state index in [1.807, 2.05) is 48.5 Å². The lowest BCUT2D eigenvalue weighted by atomic mass is 10.0. The van der Waals surface area contributed by atoms with Crippen molar-refractivity contribution >= 4 is 17.6 Å². The van der Waals surface area contributed by atoms with Crippen molar-refractivity contribution in [1.29, 1.82) is 0 Å². The number of amides is 1. The summed E-state index contributed by atoms with van der Waals surface area (Å²) in [5.74, 6) is -0.318. The Morgan fingerprint density at radius 3 is 2.56 bits per heavy atom. The summed E-state index contributed by atoms with van der Waals surface area (Å²) in [6, 6.07) is 17.9. The summed E-state index contributed by atoms with van der Waals surface area (Å²) in [7, 11) is 0. The third-order valence-electron chi connectivity index (χ3n) is 4.45. The number of carbonyl (C=O) groups excluding carboxylic acids is 2. The second kappa shape index (κ2) is 8.47. The highest BCUT2D eigenvalue weighted by molar-refractivity contribution is 5.96. The zero-order valence-electron chi connectivity index (χ0n) is 14.3. The molecule has 1 heterocycles. The summed E-state index contributed by atoms with van der Waals surface area (Å²) in [6.45, 7) is 1.07. The van der Waals surface area contributed by atoms with Gasteiger partial charge in [0.05, 0.1) is 13.0 Å². The van der Waals surface area contributed by atoms with E-state index in [0.29, 0.717) is 13.0 Å². The predicted molar refractivity (Wildman–Crippen MR) is 97.5 cm³/mol. The molecule has 0 radical (unpaired) electrons. The zero-order valence-corrected chi connectivity index (χ0v) is 14.3. The molecule has 0 saturated carbocycles. The number of aryl methyl sites for hydroxylation is 1. The number of carbonyl (C=O) groups is 2. The van der Waals surface area contributed by atoms with E-state index in [1.165, 1.54) is 5.56 Å². The predicted octanol–water partition coefficient (Wildman–Crippen LogP) is 3.53. The Kier molecular flexibility index (Phi) is 5.83. The first-order valence-corrected chi connectivity index (χ1v) is 8.82. The normalized spacial score (nSPS) is 13.2. The lowest BCUT2D eigenvalue weighted by Gasteiger charge is -2.29. The van der Waals surface area contributed by atoms with Crippen molar-refractivity contribution in [3.8, 4) is 0 Å². The number of esters is 1. The van der Waals surface area contributed by atoms with Crippen molar-refractivity contribution in [1.82, 2.24) is 0 Å². The van der Waals surface area contributed by atoms with Crippen LogP contribution in [-0.4, -0.2) is 25.0 Å². The largest absolute Gasteiger partial charge is 0.465 e. The van der Waals surface area contributed by atoms with Crippen molar-refractivity contribution < 1.29 is 14.3 Å². The van der Waals surface area contributed by atoms with Crippen molar-refractivity contribution in [3.63, 3.8) is 0 Å². The molecule has 1 aliphatic rings. The lowest BCUT2D eigenvalue weighted by Crippen LogP contribution is -2.35. The van der Waals surface area contributed by atoms with E-state index in [-0.39, 0.29) is 24.7 Å². The number of fused-ring (bicyclic) bond motifs is 1. The maximum absolute atomic E-state index is 12.5. The van der Waals surface area contributed by atoms with Crippen molar-refractivity contribution in [3.05, 3.63) is 65.7 Å². The first-order chi connectivity index (χ1) is 12.2. The molecular formula is C21H23NO3.